The molecule has 2 aromatic rings. The Morgan fingerprint density at radius 1 is 1.10 bits per heavy atom. The normalized spacial score (nSPS) is 24.0. The standard InChI is InChI=1S/C28H30Cl2F3N3O4/c1-26(25(39)40)7-5-17(6-8-26)36-23(28(31,32)33)18(13-34-36)24(38)35(14-16-11-27(12-16)9-10-27)15-21(37)22-19(29)3-2-4-20(22)30/h2-4,13,16-17H,5-12,14-15H2,1H3,(H,39,40). The number of carboxylic acids is 1. The third kappa shape index (κ3) is 5.49. The molecule has 1 heterocycles. The minimum Gasteiger partial charge on any atom is -0.481 e. The van der Waals surface area contributed by atoms with Crippen molar-refractivity contribution in [2.45, 2.75) is 70.5 Å². The molecule has 1 aromatic carbocycles. The fourth-order valence-electron chi connectivity index (χ4n) is 6.37. The number of hydrogen-bond acceptors (Lipinski definition) is 4. The molecule has 0 saturated heterocycles. The molecule has 3 saturated carbocycles. The number of aromatic nitrogens is 2. The Kier molecular flexibility index (Phi) is 7.48. The summed E-state index contributed by atoms with van der Waals surface area (Å²) in [5.74, 6) is -2.40. The van der Waals surface area contributed by atoms with Crippen molar-refractivity contribution < 1.29 is 32.7 Å². The third-order valence-electron chi connectivity index (χ3n) is 8.96. The zero-order valence-corrected chi connectivity index (χ0v) is 23.5. The van der Waals surface area contributed by atoms with Gasteiger partial charge in [-0.05, 0) is 81.8 Å². The van der Waals surface area contributed by atoms with Crippen molar-refractivity contribution in [3.05, 3.63) is 51.3 Å². The maximum absolute atomic E-state index is 14.5. The largest absolute Gasteiger partial charge is 0.481 e. The molecule has 1 aromatic heterocycles. The van der Waals surface area contributed by atoms with Gasteiger partial charge in [-0.3, -0.25) is 19.1 Å². The summed E-state index contributed by atoms with van der Waals surface area (Å²) in [6.45, 7) is 1.24. The monoisotopic (exact) mass is 599 g/mol. The van der Waals surface area contributed by atoms with Gasteiger partial charge in [-0.2, -0.15) is 18.3 Å². The second kappa shape index (κ2) is 10.4. The van der Waals surface area contributed by atoms with E-state index in [9.17, 15) is 32.7 Å². The van der Waals surface area contributed by atoms with Crippen LogP contribution in [0.5, 0.6) is 0 Å². The van der Waals surface area contributed by atoms with Gasteiger partial charge in [-0.15, -0.1) is 0 Å². The molecule has 0 unspecified atom stereocenters. The summed E-state index contributed by atoms with van der Waals surface area (Å²) in [7, 11) is 0. The lowest BCUT2D eigenvalue weighted by Gasteiger charge is -2.39. The highest BCUT2D eigenvalue weighted by Crippen LogP contribution is 2.63. The number of nitrogens with zero attached hydrogens (tertiary/aromatic N) is 3. The van der Waals surface area contributed by atoms with Gasteiger partial charge in [0.15, 0.2) is 11.5 Å². The summed E-state index contributed by atoms with van der Waals surface area (Å²) in [6.07, 6.45) is 0.715. The van der Waals surface area contributed by atoms with Crippen molar-refractivity contribution in [2.75, 3.05) is 13.1 Å². The van der Waals surface area contributed by atoms with E-state index in [0.29, 0.717) is 5.41 Å². The Balaban J connectivity index is 1.43. The first-order valence-corrected chi connectivity index (χ1v) is 14.1. The van der Waals surface area contributed by atoms with Gasteiger partial charge < -0.3 is 10.0 Å². The van der Waals surface area contributed by atoms with Crippen LogP contribution in [0.4, 0.5) is 13.2 Å². The van der Waals surface area contributed by atoms with Crippen LogP contribution in [0.15, 0.2) is 24.4 Å². The molecule has 7 nitrogen and oxygen atoms in total. The molecule has 3 fully saturated rings. The molecular weight excluding hydrogens is 570 g/mol. The Bertz CT molecular complexity index is 1320. The van der Waals surface area contributed by atoms with E-state index in [1.807, 2.05) is 0 Å². The average molecular weight is 600 g/mol. The summed E-state index contributed by atoms with van der Waals surface area (Å²) >= 11 is 12.4. The van der Waals surface area contributed by atoms with Crippen LogP contribution in [0.25, 0.3) is 0 Å². The predicted molar refractivity (Wildman–Crippen MR) is 142 cm³/mol. The summed E-state index contributed by atoms with van der Waals surface area (Å²) in [6, 6.07) is 3.84. The number of ketones is 1. The number of halogens is 5. The Labute approximate surface area is 239 Å². The number of hydrogen-bond donors (Lipinski definition) is 1. The number of carbonyl (C=O) groups excluding carboxylic acids is 2. The summed E-state index contributed by atoms with van der Waals surface area (Å²) in [5, 5.41) is 13.7. The molecule has 0 aliphatic heterocycles. The van der Waals surface area contributed by atoms with E-state index in [-0.39, 0.29) is 53.8 Å². The number of carbonyl (C=O) groups is 3. The van der Waals surface area contributed by atoms with Gasteiger partial charge >= 0.3 is 12.1 Å². The average Bonchev–Trinajstić information content (AvgIpc) is 3.51. The highest BCUT2D eigenvalue weighted by molar-refractivity contribution is 6.40. The topological polar surface area (TPSA) is 92.5 Å². The molecule has 0 radical (unpaired) electrons. The van der Waals surface area contributed by atoms with E-state index >= 15 is 0 Å². The number of alkyl halides is 3. The molecule has 40 heavy (non-hydrogen) atoms. The second-order valence-electron chi connectivity index (χ2n) is 11.9. The lowest BCUT2D eigenvalue weighted by Crippen LogP contribution is -2.43. The maximum atomic E-state index is 14.5. The van der Waals surface area contributed by atoms with Gasteiger partial charge in [0.25, 0.3) is 5.91 Å². The minimum absolute atomic E-state index is 0.0198. The van der Waals surface area contributed by atoms with Crippen LogP contribution < -0.4 is 0 Å². The van der Waals surface area contributed by atoms with Gasteiger partial charge in [0.2, 0.25) is 0 Å². The first-order chi connectivity index (χ1) is 18.7. The van der Waals surface area contributed by atoms with Crippen LogP contribution in [0, 0.1) is 16.7 Å². The van der Waals surface area contributed by atoms with Crippen LogP contribution in [0.2, 0.25) is 10.0 Å². The van der Waals surface area contributed by atoms with Crippen LogP contribution in [0.3, 0.4) is 0 Å². The highest BCUT2D eigenvalue weighted by Gasteiger charge is 2.53. The van der Waals surface area contributed by atoms with E-state index in [2.05, 4.69) is 5.10 Å². The number of aliphatic carboxylic acids is 1. The number of carboxylic acid groups (broad SMARTS) is 1. The first-order valence-electron chi connectivity index (χ1n) is 13.4. The van der Waals surface area contributed by atoms with Crippen LogP contribution in [0.1, 0.15) is 90.7 Å². The SMILES string of the molecule is CC1(C(=O)O)CCC(n2ncc(C(=O)N(CC(=O)c3c(Cl)cccc3Cl)CC3CC4(CC4)C3)c2C(F)(F)F)CC1. The van der Waals surface area contributed by atoms with Crippen molar-refractivity contribution in [2.24, 2.45) is 16.7 Å². The van der Waals surface area contributed by atoms with Gasteiger partial charge in [0.1, 0.15) is 0 Å². The van der Waals surface area contributed by atoms with Crippen molar-refractivity contribution >= 4 is 40.9 Å². The zero-order valence-electron chi connectivity index (χ0n) is 21.9. The quantitative estimate of drug-likeness (QED) is 0.332. The van der Waals surface area contributed by atoms with E-state index < -0.39 is 53.1 Å². The van der Waals surface area contributed by atoms with E-state index in [1.54, 1.807) is 13.0 Å². The molecule has 3 aliphatic carbocycles. The molecule has 1 spiro atoms. The second-order valence-corrected chi connectivity index (χ2v) is 12.7. The van der Waals surface area contributed by atoms with Crippen LogP contribution in [-0.2, 0) is 11.0 Å². The van der Waals surface area contributed by atoms with Crippen LogP contribution >= 0.6 is 23.2 Å². The summed E-state index contributed by atoms with van der Waals surface area (Å²) in [5.41, 5.74) is -2.51. The van der Waals surface area contributed by atoms with Crippen LogP contribution in [-0.4, -0.2) is 50.5 Å². The van der Waals surface area contributed by atoms with Crippen molar-refractivity contribution in [1.82, 2.24) is 14.7 Å². The fourth-order valence-corrected chi connectivity index (χ4v) is 6.98. The van der Waals surface area contributed by atoms with Crippen molar-refractivity contribution in [1.29, 1.82) is 0 Å². The zero-order chi connectivity index (χ0) is 29.0. The number of amides is 1. The molecule has 1 amide bonds. The van der Waals surface area contributed by atoms with E-state index in [4.69, 9.17) is 23.2 Å². The molecule has 0 atom stereocenters. The molecule has 5 rings (SSSR count). The molecule has 3 aliphatic rings. The van der Waals surface area contributed by atoms with Crippen molar-refractivity contribution in [3.8, 4) is 0 Å². The fraction of sp³-hybridized carbons (Fsp3) is 0.571. The maximum Gasteiger partial charge on any atom is 0.433 e. The summed E-state index contributed by atoms with van der Waals surface area (Å²) in [4.78, 5) is 39.8. The highest BCUT2D eigenvalue weighted by atomic mass is 35.5. The summed E-state index contributed by atoms with van der Waals surface area (Å²) < 4.78 is 44.2. The lowest BCUT2D eigenvalue weighted by molar-refractivity contribution is -0.152. The number of benzene rings is 1. The van der Waals surface area contributed by atoms with E-state index in [0.717, 1.165) is 36.6 Å². The molecule has 1 N–H and O–H groups in total. The Morgan fingerprint density at radius 2 is 1.70 bits per heavy atom. The molecule has 12 heteroatoms. The Morgan fingerprint density at radius 3 is 2.23 bits per heavy atom. The molecule has 216 valence electrons. The minimum atomic E-state index is -4.90. The van der Waals surface area contributed by atoms with E-state index in [1.165, 1.54) is 17.0 Å². The number of Topliss-reactive ketones (excluding diaryl/α,β-unsaturated/α-hetero) is 1. The van der Waals surface area contributed by atoms with Gasteiger partial charge in [-0.1, -0.05) is 29.3 Å². The molecule has 0 bridgehead atoms. The molecular formula is C28H30Cl2F3N3O4. The Hall–Kier alpha value is -2.59. The first kappa shape index (κ1) is 28.9. The predicted octanol–water partition coefficient (Wildman–Crippen LogP) is 6.93. The smallest absolute Gasteiger partial charge is 0.433 e. The van der Waals surface area contributed by atoms with Crippen molar-refractivity contribution in [3.63, 3.8) is 0 Å². The lowest BCUT2D eigenvalue weighted by atomic mass is 9.71. The van der Waals surface area contributed by atoms with Gasteiger partial charge in [-0.25, -0.2) is 0 Å². The third-order valence-corrected chi connectivity index (χ3v) is 9.59. The van der Waals surface area contributed by atoms with Gasteiger partial charge in [0, 0.05) is 6.54 Å². The van der Waals surface area contributed by atoms with Gasteiger partial charge in [0.05, 0.1) is 45.4 Å². The number of rotatable bonds is 8.